The van der Waals surface area contributed by atoms with Crippen molar-refractivity contribution < 1.29 is 0 Å². The van der Waals surface area contributed by atoms with Gasteiger partial charge in [0.15, 0.2) is 5.41 Å². The van der Waals surface area contributed by atoms with E-state index in [-0.39, 0.29) is 6.42 Å². The van der Waals surface area contributed by atoms with Gasteiger partial charge in [0.2, 0.25) is 0 Å². The number of benzene rings is 1. The molecule has 1 atom stereocenters. The van der Waals surface area contributed by atoms with E-state index in [9.17, 15) is 10.5 Å². The maximum atomic E-state index is 9.66. The van der Waals surface area contributed by atoms with Crippen LogP contribution in [-0.2, 0) is 0 Å². The van der Waals surface area contributed by atoms with Crippen molar-refractivity contribution in [2.45, 2.75) is 39.0 Å². The van der Waals surface area contributed by atoms with Gasteiger partial charge in [0.25, 0.3) is 0 Å². The molecule has 0 fully saturated rings. The van der Waals surface area contributed by atoms with Crippen molar-refractivity contribution in [3.05, 3.63) is 47.5 Å². The zero-order valence-electron chi connectivity index (χ0n) is 13.0. The molecule has 2 nitrogen and oxygen atoms in total. The van der Waals surface area contributed by atoms with Crippen LogP contribution in [0.15, 0.2) is 42.0 Å². The van der Waals surface area contributed by atoms with Crippen LogP contribution >= 0.6 is 0 Å². The van der Waals surface area contributed by atoms with Gasteiger partial charge in [-0.1, -0.05) is 43.0 Å². The molecule has 1 aromatic rings. The Balaban J connectivity index is 2.27. The van der Waals surface area contributed by atoms with E-state index in [1.54, 1.807) is 0 Å². The molecule has 1 aliphatic rings. The van der Waals surface area contributed by atoms with Crippen LogP contribution in [0.25, 0.3) is 0 Å². The van der Waals surface area contributed by atoms with Gasteiger partial charge in [0, 0.05) is 12.0 Å². The van der Waals surface area contributed by atoms with Crippen LogP contribution in [0.4, 0.5) is 0 Å². The lowest BCUT2D eigenvalue weighted by Crippen LogP contribution is -2.26. The summed E-state index contributed by atoms with van der Waals surface area (Å²) in [6.45, 7) is 2.12. The van der Waals surface area contributed by atoms with Crippen molar-refractivity contribution in [3.63, 3.8) is 0 Å². The largest absolute Gasteiger partial charge is 0.196 e. The Labute approximate surface area is 133 Å². The molecule has 0 N–H and O–H groups in total. The van der Waals surface area contributed by atoms with E-state index in [0.717, 1.165) is 36.8 Å². The van der Waals surface area contributed by atoms with E-state index in [0.29, 0.717) is 5.92 Å². The molecule has 2 rings (SSSR count). The molecule has 2 heteroatoms. The molecule has 0 spiro atoms. The molecule has 0 aromatic heterocycles. The fourth-order valence-electron chi connectivity index (χ4n) is 3.03. The molecule has 1 unspecified atom stereocenters. The van der Waals surface area contributed by atoms with Crippen LogP contribution in [0.5, 0.6) is 0 Å². The molecular weight excluding hydrogens is 268 g/mol. The number of nitrogens with zero attached hydrogens (tertiary/aromatic N) is 2. The first-order valence-electron chi connectivity index (χ1n) is 7.82. The fourth-order valence-corrected chi connectivity index (χ4v) is 3.03. The standard InChI is InChI=1S/C20H20N2/c1-2-18-12-6-7-13-19(18)20(15-21,16-22)14-8-11-17-9-4-3-5-10-17/h3-5,9-10,13,18H,2,6-7,12,14H2,1H3. The SMILES string of the molecule is CCC1CCCC=C1C(C#N)(C#N)CC#Cc1ccccc1. The van der Waals surface area contributed by atoms with E-state index < -0.39 is 5.41 Å². The average Bonchev–Trinajstić information content (AvgIpc) is 2.60. The summed E-state index contributed by atoms with van der Waals surface area (Å²) in [5.41, 5.74) is 0.814. The van der Waals surface area contributed by atoms with Crippen molar-refractivity contribution in [2.24, 2.45) is 11.3 Å². The van der Waals surface area contributed by atoms with Crippen molar-refractivity contribution in [2.75, 3.05) is 0 Å². The first kappa shape index (κ1) is 15.9. The predicted molar refractivity (Wildman–Crippen MR) is 87.3 cm³/mol. The molecule has 0 saturated heterocycles. The Hall–Kier alpha value is -2.50. The van der Waals surface area contributed by atoms with Crippen molar-refractivity contribution in [1.29, 1.82) is 10.5 Å². The molecule has 0 aliphatic heterocycles. The quantitative estimate of drug-likeness (QED) is 0.603. The van der Waals surface area contributed by atoms with Gasteiger partial charge in [-0.25, -0.2) is 0 Å². The van der Waals surface area contributed by atoms with Gasteiger partial charge in [0.05, 0.1) is 12.1 Å². The van der Waals surface area contributed by atoms with E-state index in [2.05, 4.69) is 37.0 Å². The van der Waals surface area contributed by atoms with Gasteiger partial charge in [-0.05, 0) is 49.3 Å². The minimum absolute atomic E-state index is 0.275. The Bertz CT molecular complexity index is 660. The first-order valence-corrected chi connectivity index (χ1v) is 7.82. The average molecular weight is 288 g/mol. The molecule has 0 saturated carbocycles. The number of hydrogen-bond acceptors (Lipinski definition) is 2. The van der Waals surface area contributed by atoms with Gasteiger partial charge >= 0.3 is 0 Å². The lowest BCUT2D eigenvalue weighted by atomic mass is 9.69. The molecule has 1 aromatic carbocycles. The summed E-state index contributed by atoms with van der Waals surface area (Å²) in [6.07, 6.45) is 6.53. The molecule has 0 heterocycles. The van der Waals surface area contributed by atoms with E-state index in [1.165, 1.54) is 0 Å². The predicted octanol–water partition coefficient (Wildman–Crippen LogP) is 4.60. The van der Waals surface area contributed by atoms with Crippen LogP contribution in [0, 0.1) is 45.8 Å². The van der Waals surface area contributed by atoms with Crippen molar-refractivity contribution in [1.82, 2.24) is 0 Å². The van der Waals surface area contributed by atoms with Crippen LogP contribution in [0.1, 0.15) is 44.6 Å². The number of allylic oxidation sites excluding steroid dienone is 2. The van der Waals surface area contributed by atoms with Crippen molar-refractivity contribution in [3.8, 4) is 24.0 Å². The third-order valence-corrected chi connectivity index (χ3v) is 4.29. The third kappa shape index (κ3) is 3.39. The van der Waals surface area contributed by atoms with Gasteiger partial charge < -0.3 is 0 Å². The van der Waals surface area contributed by atoms with E-state index >= 15 is 0 Å². The van der Waals surface area contributed by atoms with E-state index in [1.807, 2.05) is 30.3 Å². The highest BCUT2D eigenvalue weighted by Gasteiger charge is 2.38. The summed E-state index contributed by atoms with van der Waals surface area (Å²) >= 11 is 0. The second-order valence-electron chi connectivity index (χ2n) is 5.67. The maximum absolute atomic E-state index is 9.66. The minimum Gasteiger partial charge on any atom is -0.196 e. The highest BCUT2D eigenvalue weighted by molar-refractivity contribution is 5.40. The second-order valence-corrected chi connectivity index (χ2v) is 5.67. The fraction of sp³-hybridized carbons (Fsp3) is 0.400. The Morgan fingerprint density at radius 3 is 2.55 bits per heavy atom. The smallest absolute Gasteiger partial charge is 0.175 e. The normalized spacial score (nSPS) is 17.4. The number of rotatable bonds is 3. The summed E-state index contributed by atoms with van der Waals surface area (Å²) in [5.74, 6) is 6.45. The Kier molecular flexibility index (Phi) is 5.41. The van der Waals surface area contributed by atoms with Crippen molar-refractivity contribution >= 4 is 0 Å². The molecule has 0 radical (unpaired) electrons. The second kappa shape index (κ2) is 7.49. The van der Waals surface area contributed by atoms with Crippen LogP contribution < -0.4 is 0 Å². The molecule has 0 amide bonds. The summed E-state index contributed by atoms with van der Waals surface area (Å²) in [6, 6.07) is 14.2. The molecule has 0 bridgehead atoms. The topological polar surface area (TPSA) is 47.6 Å². The number of hydrogen-bond donors (Lipinski definition) is 0. The van der Waals surface area contributed by atoms with Crippen LogP contribution in [0.3, 0.4) is 0 Å². The van der Waals surface area contributed by atoms with E-state index in [4.69, 9.17) is 0 Å². The molecule has 110 valence electrons. The lowest BCUT2D eigenvalue weighted by molar-refractivity contribution is 0.426. The van der Waals surface area contributed by atoms with Crippen LogP contribution in [0.2, 0.25) is 0 Å². The zero-order chi connectivity index (χ0) is 15.8. The van der Waals surface area contributed by atoms with Gasteiger partial charge in [-0.15, -0.1) is 0 Å². The molecular formula is C20H20N2. The summed E-state index contributed by atoms with van der Waals surface area (Å²) < 4.78 is 0. The summed E-state index contributed by atoms with van der Waals surface area (Å²) in [7, 11) is 0. The highest BCUT2D eigenvalue weighted by atomic mass is 14.4. The Morgan fingerprint density at radius 1 is 1.18 bits per heavy atom. The van der Waals surface area contributed by atoms with Gasteiger partial charge in [0.1, 0.15) is 0 Å². The minimum atomic E-state index is -1.09. The first-order chi connectivity index (χ1) is 10.8. The monoisotopic (exact) mass is 288 g/mol. The maximum Gasteiger partial charge on any atom is 0.175 e. The molecule has 22 heavy (non-hydrogen) atoms. The third-order valence-electron chi connectivity index (χ3n) is 4.29. The molecule has 1 aliphatic carbocycles. The number of nitriles is 2. The zero-order valence-corrected chi connectivity index (χ0v) is 13.0. The highest BCUT2D eigenvalue weighted by Crippen LogP contribution is 2.41. The summed E-state index contributed by atoms with van der Waals surface area (Å²) in [5, 5.41) is 19.3. The van der Waals surface area contributed by atoms with Gasteiger partial charge in [-0.2, -0.15) is 10.5 Å². The van der Waals surface area contributed by atoms with Gasteiger partial charge in [-0.3, -0.25) is 0 Å². The van der Waals surface area contributed by atoms with Crippen LogP contribution in [-0.4, -0.2) is 0 Å². The lowest BCUT2D eigenvalue weighted by Gasteiger charge is -2.30. The summed E-state index contributed by atoms with van der Waals surface area (Å²) in [4.78, 5) is 0. The Morgan fingerprint density at radius 2 is 1.91 bits per heavy atom.